The average Bonchev–Trinajstić information content (AvgIpc) is 2.51. The monoisotopic (exact) mass is 243 g/mol. The van der Waals surface area contributed by atoms with Gasteiger partial charge in [-0.3, -0.25) is 0 Å². The number of nitrogens with zero attached hydrogens (tertiary/aromatic N) is 3. The SMILES string of the molecule is CNc1nn(CCC#N)c(N)c1S(C)(=O)=O. The van der Waals surface area contributed by atoms with Gasteiger partial charge in [-0.25, -0.2) is 13.1 Å². The Labute approximate surface area is 93.8 Å². The predicted octanol–water partition coefficient (Wildman–Crippen LogP) is -0.176. The van der Waals surface area contributed by atoms with Crippen LogP contribution >= 0.6 is 0 Å². The molecule has 1 heterocycles. The van der Waals surface area contributed by atoms with E-state index in [1.807, 2.05) is 6.07 Å². The molecule has 88 valence electrons. The zero-order valence-corrected chi connectivity index (χ0v) is 9.87. The Morgan fingerprint density at radius 2 is 2.25 bits per heavy atom. The van der Waals surface area contributed by atoms with E-state index in [9.17, 15) is 8.42 Å². The van der Waals surface area contributed by atoms with Crippen LogP contribution in [-0.4, -0.2) is 31.5 Å². The molecular formula is C8H13N5O2S. The minimum atomic E-state index is -3.43. The summed E-state index contributed by atoms with van der Waals surface area (Å²) in [6.07, 6.45) is 1.29. The van der Waals surface area contributed by atoms with Crippen molar-refractivity contribution in [3.8, 4) is 6.07 Å². The van der Waals surface area contributed by atoms with Gasteiger partial charge in [0.2, 0.25) is 0 Å². The van der Waals surface area contributed by atoms with Gasteiger partial charge in [-0.1, -0.05) is 0 Å². The van der Waals surface area contributed by atoms with Gasteiger partial charge in [0, 0.05) is 13.3 Å². The molecule has 1 aromatic heterocycles. The molecule has 0 saturated carbocycles. The molecule has 0 bridgehead atoms. The van der Waals surface area contributed by atoms with Gasteiger partial charge in [0.1, 0.15) is 5.82 Å². The lowest BCUT2D eigenvalue weighted by atomic mass is 10.5. The number of aryl methyl sites for hydroxylation is 1. The average molecular weight is 243 g/mol. The summed E-state index contributed by atoms with van der Waals surface area (Å²) in [4.78, 5) is -0.0204. The first-order valence-electron chi connectivity index (χ1n) is 4.52. The second-order valence-electron chi connectivity index (χ2n) is 3.22. The topological polar surface area (TPSA) is 114 Å². The summed E-state index contributed by atoms with van der Waals surface area (Å²) in [6.45, 7) is 0.270. The number of sulfone groups is 1. The minimum absolute atomic E-state index is 0.0204. The largest absolute Gasteiger partial charge is 0.383 e. The smallest absolute Gasteiger partial charge is 0.182 e. The summed E-state index contributed by atoms with van der Waals surface area (Å²) in [6, 6.07) is 1.94. The van der Waals surface area contributed by atoms with Crippen molar-refractivity contribution in [3.63, 3.8) is 0 Å². The molecule has 0 aromatic carbocycles. The van der Waals surface area contributed by atoms with E-state index in [-0.39, 0.29) is 29.5 Å². The lowest BCUT2D eigenvalue weighted by Gasteiger charge is -2.00. The molecule has 0 amide bonds. The fourth-order valence-electron chi connectivity index (χ4n) is 1.31. The van der Waals surface area contributed by atoms with Crippen molar-refractivity contribution in [2.75, 3.05) is 24.4 Å². The molecule has 0 aliphatic carbocycles. The van der Waals surface area contributed by atoms with Gasteiger partial charge in [0.05, 0.1) is 19.0 Å². The van der Waals surface area contributed by atoms with Crippen LogP contribution in [-0.2, 0) is 16.4 Å². The molecule has 0 spiro atoms. The Kier molecular flexibility index (Phi) is 3.39. The lowest BCUT2D eigenvalue weighted by molar-refractivity contribution is 0.601. The zero-order chi connectivity index (χ0) is 12.3. The van der Waals surface area contributed by atoms with Gasteiger partial charge in [-0.15, -0.1) is 0 Å². The first kappa shape index (κ1) is 12.3. The Bertz CT molecular complexity index is 525. The van der Waals surface area contributed by atoms with E-state index in [4.69, 9.17) is 11.0 Å². The van der Waals surface area contributed by atoms with Crippen molar-refractivity contribution in [1.82, 2.24) is 9.78 Å². The van der Waals surface area contributed by atoms with Crippen molar-refractivity contribution in [1.29, 1.82) is 5.26 Å². The van der Waals surface area contributed by atoms with E-state index < -0.39 is 9.84 Å². The summed E-state index contributed by atoms with van der Waals surface area (Å²) < 4.78 is 24.3. The number of nitriles is 1. The van der Waals surface area contributed by atoms with Gasteiger partial charge in [-0.2, -0.15) is 10.4 Å². The normalized spacial score (nSPS) is 11.1. The Morgan fingerprint density at radius 3 is 2.62 bits per heavy atom. The fraction of sp³-hybridized carbons (Fsp3) is 0.500. The Balaban J connectivity index is 3.29. The molecule has 0 aliphatic heterocycles. The molecule has 0 aliphatic rings. The quantitative estimate of drug-likeness (QED) is 0.758. The molecule has 3 N–H and O–H groups in total. The van der Waals surface area contributed by atoms with Crippen LogP contribution in [0.15, 0.2) is 4.90 Å². The van der Waals surface area contributed by atoms with Crippen LogP contribution in [0.5, 0.6) is 0 Å². The van der Waals surface area contributed by atoms with Crippen LogP contribution < -0.4 is 11.1 Å². The highest BCUT2D eigenvalue weighted by Gasteiger charge is 2.23. The molecule has 7 nitrogen and oxygen atoms in total. The Morgan fingerprint density at radius 1 is 1.62 bits per heavy atom. The lowest BCUT2D eigenvalue weighted by Crippen LogP contribution is -2.07. The maximum Gasteiger partial charge on any atom is 0.182 e. The third-order valence-corrected chi connectivity index (χ3v) is 3.13. The van der Waals surface area contributed by atoms with E-state index in [1.165, 1.54) is 4.68 Å². The van der Waals surface area contributed by atoms with Crippen molar-refractivity contribution in [2.24, 2.45) is 0 Å². The molecule has 8 heteroatoms. The van der Waals surface area contributed by atoms with Crippen LogP contribution in [0.1, 0.15) is 6.42 Å². The first-order chi connectivity index (χ1) is 7.41. The molecule has 0 atom stereocenters. The standard InChI is InChI=1S/C8H13N5O2S/c1-11-8-6(16(2,14)15)7(10)13(12-8)5-3-4-9/h3,5,10H2,1-2H3,(H,11,12). The van der Waals surface area contributed by atoms with E-state index in [2.05, 4.69) is 10.4 Å². The van der Waals surface area contributed by atoms with Crippen LogP contribution in [0.25, 0.3) is 0 Å². The van der Waals surface area contributed by atoms with Crippen LogP contribution in [0.4, 0.5) is 11.6 Å². The maximum absolute atomic E-state index is 11.5. The van der Waals surface area contributed by atoms with E-state index in [0.29, 0.717) is 0 Å². The number of hydrogen-bond donors (Lipinski definition) is 2. The fourth-order valence-corrected chi connectivity index (χ4v) is 2.29. The molecule has 0 fully saturated rings. The molecular weight excluding hydrogens is 230 g/mol. The third-order valence-electron chi connectivity index (χ3n) is 1.99. The summed E-state index contributed by atoms with van der Waals surface area (Å²) in [5.41, 5.74) is 5.68. The van der Waals surface area contributed by atoms with Crippen molar-refractivity contribution in [3.05, 3.63) is 0 Å². The highest BCUT2D eigenvalue weighted by Crippen LogP contribution is 2.26. The van der Waals surface area contributed by atoms with Crippen molar-refractivity contribution >= 4 is 21.5 Å². The minimum Gasteiger partial charge on any atom is -0.383 e. The van der Waals surface area contributed by atoms with E-state index in [0.717, 1.165) is 6.26 Å². The Hall–Kier alpha value is -1.75. The summed E-state index contributed by atoms with van der Waals surface area (Å²) in [5.74, 6) is 0.264. The third kappa shape index (κ3) is 2.25. The second-order valence-corrected chi connectivity index (χ2v) is 5.17. The highest BCUT2D eigenvalue weighted by molar-refractivity contribution is 7.91. The second kappa shape index (κ2) is 4.40. The molecule has 1 rings (SSSR count). The summed E-state index contributed by atoms with van der Waals surface area (Å²) in [5, 5.41) is 15.1. The van der Waals surface area contributed by atoms with Gasteiger partial charge in [-0.05, 0) is 0 Å². The van der Waals surface area contributed by atoms with Crippen LogP contribution in [0.3, 0.4) is 0 Å². The first-order valence-corrected chi connectivity index (χ1v) is 6.42. The number of anilines is 2. The van der Waals surface area contributed by atoms with Gasteiger partial charge in [0.25, 0.3) is 0 Å². The van der Waals surface area contributed by atoms with Crippen molar-refractivity contribution in [2.45, 2.75) is 17.9 Å². The highest BCUT2D eigenvalue weighted by atomic mass is 32.2. The molecule has 0 saturated heterocycles. The molecule has 0 radical (unpaired) electrons. The number of aromatic nitrogens is 2. The summed E-state index contributed by atoms with van der Waals surface area (Å²) >= 11 is 0. The number of nitrogens with one attached hydrogen (secondary N) is 1. The number of hydrogen-bond acceptors (Lipinski definition) is 6. The van der Waals surface area contributed by atoms with Gasteiger partial charge in [0.15, 0.2) is 20.6 Å². The predicted molar refractivity (Wildman–Crippen MR) is 59.5 cm³/mol. The number of rotatable bonds is 4. The summed E-state index contributed by atoms with van der Waals surface area (Å²) in [7, 11) is -1.87. The van der Waals surface area contributed by atoms with Crippen molar-refractivity contribution < 1.29 is 8.42 Å². The number of nitrogen functional groups attached to an aromatic ring is 1. The van der Waals surface area contributed by atoms with Gasteiger partial charge < -0.3 is 11.1 Å². The van der Waals surface area contributed by atoms with E-state index in [1.54, 1.807) is 7.05 Å². The van der Waals surface area contributed by atoms with Crippen LogP contribution in [0.2, 0.25) is 0 Å². The van der Waals surface area contributed by atoms with Gasteiger partial charge >= 0.3 is 0 Å². The molecule has 0 unspecified atom stereocenters. The molecule has 1 aromatic rings. The van der Waals surface area contributed by atoms with Crippen LogP contribution in [0, 0.1) is 11.3 Å². The zero-order valence-electron chi connectivity index (χ0n) is 9.06. The van der Waals surface area contributed by atoms with E-state index >= 15 is 0 Å². The maximum atomic E-state index is 11.5. The molecule has 16 heavy (non-hydrogen) atoms. The number of nitrogens with two attached hydrogens (primary N) is 1.